The van der Waals surface area contributed by atoms with Crippen LogP contribution >= 0.6 is 0 Å². The molecule has 4 heteroatoms. The van der Waals surface area contributed by atoms with Crippen molar-refractivity contribution in [1.29, 1.82) is 0 Å². The molecule has 1 amide bonds. The number of carbonyl (C=O) groups is 1. The molecule has 0 radical (unpaired) electrons. The Morgan fingerprint density at radius 2 is 2.05 bits per heavy atom. The first-order chi connectivity index (χ1) is 10.7. The minimum atomic E-state index is 0.0402. The summed E-state index contributed by atoms with van der Waals surface area (Å²) >= 11 is 0. The van der Waals surface area contributed by atoms with Gasteiger partial charge in [0.25, 0.3) is 5.91 Å². The molecule has 22 heavy (non-hydrogen) atoms. The maximum Gasteiger partial charge on any atom is 0.255 e. The van der Waals surface area contributed by atoms with Gasteiger partial charge in [-0.3, -0.25) is 9.48 Å². The molecule has 0 bridgehead atoms. The van der Waals surface area contributed by atoms with Gasteiger partial charge in [-0.15, -0.1) is 0 Å². The molecule has 4 nitrogen and oxygen atoms in total. The Balaban J connectivity index is 1.45. The largest absolute Gasteiger partial charge is 0.349 e. The summed E-state index contributed by atoms with van der Waals surface area (Å²) in [5.41, 5.74) is 3.08. The number of carbonyl (C=O) groups excluding carboxylic acids is 1. The molecule has 1 N–H and O–H groups in total. The van der Waals surface area contributed by atoms with E-state index in [-0.39, 0.29) is 11.9 Å². The number of amides is 1. The monoisotopic (exact) mass is 295 g/mol. The number of benzene rings is 1. The summed E-state index contributed by atoms with van der Waals surface area (Å²) in [6, 6.07) is 10.7. The lowest BCUT2D eigenvalue weighted by molar-refractivity contribution is 0.0948. The van der Waals surface area contributed by atoms with Crippen molar-refractivity contribution in [1.82, 2.24) is 15.1 Å². The first kappa shape index (κ1) is 13.6. The SMILES string of the molecule is Cn1cc(C(=O)N[C@@H]2C[C@H]2c2ccccc2)c(C2CCC2)n1. The van der Waals surface area contributed by atoms with Crippen molar-refractivity contribution >= 4 is 5.91 Å². The van der Waals surface area contributed by atoms with Crippen LogP contribution < -0.4 is 5.32 Å². The van der Waals surface area contributed by atoms with Crippen LogP contribution in [-0.4, -0.2) is 21.7 Å². The summed E-state index contributed by atoms with van der Waals surface area (Å²) < 4.78 is 1.77. The van der Waals surface area contributed by atoms with Crippen molar-refractivity contribution in [2.24, 2.45) is 7.05 Å². The fourth-order valence-corrected chi connectivity index (χ4v) is 3.33. The van der Waals surface area contributed by atoms with E-state index in [0.717, 1.165) is 30.5 Å². The summed E-state index contributed by atoms with van der Waals surface area (Å²) in [5, 5.41) is 7.70. The zero-order valence-electron chi connectivity index (χ0n) is 12.8. The molecule has 2 saturated carbocycles. The third kappa shape index (κ3) is 2.43. The number of aryl methyl sites for hydroxylation is 1. The van der Waals surface area contributed by atoms with Crippen molar-refractivity contribution in [3.8, 4) is 0 Å². The first-order valence-corrected chi connectivity index (χ1v) is 8.11. The number of rotatable bonds is 4. The summed E-state index contributed by atoms with van der Waals surface area (Å²) in [5.74, 6) is 0.985. The molecular formula is C18H21N3O. The molecular weight excluding hydrogens is 274 g/mol. The van der Waals surface area contributed by atoms with Crippen LogP contribution in [0.1, 0.15) is 59.1 Å². The molecule has 2 aromatic rings. The van der Waals surface area contributed by atoms with Crippen LogP contribution in [0.5, 0.6) is 0 Å². The standard InChI is InChI=1S/C18H21N3O/c1-21-11-15(17(20-21)13-8-5-9-13)18(22)19-16-10-14(16)12-6-3-2-4-7-12/h2-4,6-7,11,13-14,16H,5,8-10H2,1H3,(H,19,22)/t14-,16+/m0/s1. The average molecular weight is 295 g/mol. The quantitative estimate of drug-likeness (QED) is 0.942. The van der Waals surface area contributed by atoms with E-state index in [2.05, 4.69) is 34.7 Å². The second-order valence-electron chi connectivity index (χ2n) is 6.56. The van der Waals surface area contributed by atoms with Gasteiger partial charge in [0.15, 0.2) is 0 Å². The second kappa shape index (κ2) is 5.27. The molecule has 0 spiro atoms. The Morgan fingerprint density at radius 3 is 2.73 bits per heavy atom. The van der Waals surface area contributed by atoms with Gasteiger partial charge in [-0.25, -0.2) is 0 Å². The lowest BCUT2D eigenvalue weighted by Crippen LogP contribution is -2.28. The molecule has 0 aliphatic heterocycles. The van der Waals surface area contributed by atoms with Gasteiger partial charge in [0, 0.05) is 31.1 Å². The molecule has 2 fully saturated rings. The Labute approximate surface area is 130 Å². The van der Waals surface area contributed by atoms with Gasteiger partial charge in [0.2, 0.25) is 0 Å². The van der Waals surface area contributed by atoms with Gasteiger partial charge in [-0.1, -0.05) is 36.8 Å². The highest BCUT2D eigenvalue weighted by Gasteiger charge is 2.40. The van der Waals surface area contributed by atoms with Crippen molar-refractivity contribution < 1.29 is 4.79 Å². The van der Waals surface area contributed by atoms with Gasteiger partial charge in [0.1, 0.15) is 0 Å². The number of nitrogens with one attached hydrogen (secondary N) is 1. The zero-order chi connectivity index (χ0) is 15.1. The fourth-order valence-electron chi connectivity index (χ4n) is 3.33. The molecule has 2 aliphatic rings. The van der Waals surface area contributed by atoms with Gasteiger partial charge >= 0.3 is 0 Å². The maximum atomic E-state index is 12.6. The van der Waals surface area contributed by atoms with E-state index in [1.807, 2.05) is 19.3 Å². The van der Waals surface area contributed by atoms with Crippen LogP contribution in [0.15, 0.2) is 36.5 Å². The molecule has 0 saturated heterocycles. The minimum absolute atomic E-state index is 0.0402. The van der Waals surface area contributed by atoms with Gasteiger partial charge in [0.05, 0.1) is 11.3 Å². The van der Waals surface area contributed by atoms with E-state index >= 15 is 0 Å². The van der Waals surface area contributed by atoms with Crippen molar-refractivity contribution in [3.05, 3.63) is 53.3 Å². The topological polar surface area (TPSA) is 46.9 Å². The predicted octanol–water partition coefficient (Wildman–Crippen LogP) is 2.97. The Morgan fingerprint density at radius 1 is 1.27 bits per heavy atom. The van der Waals surface area contributed by atoms with Crippen LogP contribution in [0.4, 0.5) is 0 Å². The van der Waals surface area contributed by atoms with Crippen LogP contribution in [0.25, 0.3) is 0 Å². The van der Waals surface area contributed by atoms with E-state index in [1.165, 1.54) is 12.0 Å². The second-order valence-corrected chi connectivity index (χ2v) is 6.56. The molecule has 1 aromatic carbocycles. The maximum absolute atomic E-state index is 12.6. The van der Waals surface area contributed by atoms with E-state index in [1.54, 1.807) is 4.68 Å². The summed E-state index contributed by atoms with van der Waals surface area (Å²) in [7, 11) is 1.89. The molecule has 114 valence electrons. The third-order valence-electron chi connectivity index (χ3n) is 4.93. The summed E-state index contributed by atoms with van der Waals surface area (Å²) in [6.07, 6.45) is 6.47. The molecule has 4 rings (SSSR count). The molecule has 2 atom stereocenters. The van der Waals surface area contributed by atoms with Gasteiger partial charge < -0.3 is 5.32 Å². The number of nitrogens with zero attached hydrogens (tertiary/aromatic N) is 2. The number of hydrogen-bond acceptors (Lipinski definition) is 2. The first-order valence-electron chi connectivity index (χ1n) is 8.11. The van der Waals surface area contributed by atoms with Crippen LogP contribution in [0.3, 0.4) is 0 Å². The lowest BCUT2D eigenvalue weighted by Gasteiger charge is -2.24. The smallest absolute Gasteiger partial charge is 0.255 e. The van der Waals surface area contributed by atoms with E-state index in [9.17, 15) is 4.79 Å². The highest BCUT2D eigenvalue weighted by molar-refractivity contribution is 5.95. The van der Waals surface area contributed by atoms with Crippen LogP contribution in [0.2, 0.25) is 0 Å². The molecule has 1 aromatic heterocycles. The Bertz CT molecular complexity index is 688. The van der Waals surface area contributed by atoms with Gasteiger partial charge in [-0.05, 0) is 24.8 Å². The predicted molar refractivity (Wildman–Crippen MR) is 84.9 cm³/mol. The highest BCUT2D eigenvalue weighted by Crippen LogP contribution is 2.41. The normalized spacial score (nSPS) is 23.9. The fraction of sp³-hybridized carbons (Fsp3) is 0.444. The third-order valence-corrected chi connectivity index (χ3v) is 4.93. The van der Waals surface area contributed by atoms with E-state index in [0.29, 0.717) is 11.8 Å². The average Bonchev–Trinajstić information content (AvgIpc) is 3.12. The molecule has 1 heterocycles. The summed E-state index contributed by atoms with van der Waals surface area (Å²) in [6.45, 7) is 0. The van der Waals surface area contributed by atoms with Crippen molar-refractivity contribution in [3.63, 3.8) is 0 Å². The lowest BCUT2D eigenvalue weighted by atomic mass is 9.81. The van der Waals surface area contributed by atoms with Crippen LogP contribution in [-0.2, 0) is 7.05 Å². The highest BCUT2D eigenvalue weighted by atomic mass is 16.1. The number of hydrogen-bond donors (Lipinski definition) is 1. The molecule has 0 unspecified atom stereocenters. The number of aromatic nitrogens is 2. The Hall–Kier alpha value is -2.10. The minimum Gasteiger partial charge on any atom is -0.349 e. The summed E-state index contributed by atoms with van der Waals surface area (Å²) in [4.78, 5) is 12.6. The van der Waals surface area contributed by atoms with Crippen molar-refractivity contribution in [2.75, 3.05) is 0 Å². The zero-order valence-corrected chi connectivity index (χ0v) is 12.8. The Kier molecular flexibility index (Phi) is 3.25. The van der Waals surface area contributed by atoms with E-state index in [4.69, 9.17) is 0 Å². The molecule has 2 aliphatic carbocycles. The van der Waals surface area contributed by atoms with Crippen molar-refractivity contribution in [2.45, 2.75) is 43.6 Å². The van der Waals surface area contributed by atoms with Gasteiger partial charge in [-0.2, -0.15) is 5.10 Å². The van der Waals surface area contributed by atoms with E-state index < -0.39 is 0 Å². The van der Waals surface area contributed by atoms with Crippen LogP contribution in [0, 0.1) is 0 Å².